The third kappa shape index (κ3) is 3.95. The molecule has 0 spiro atoms. The molecule has 0 aromatic heterocycles. The highest BCUT2D eigenvalue weighted by molar-refractivity contribution is 4.76. The highest BCUT2D eigenvalue weighted by Gasteiger charge is 2.19. The van der Waals surface area contributed by atoms with Crippen molar-refractivity contribution in [2.24, 2.45) is 5.92 Å². The molecule has 1 aliphatic carbocycles. The van der Waals surface area contributed by atoms with Crippen molar-refractivity contribution >= 4 is 0 Å². The van der Waals surface area contributed by atoms with Gasteiger partial charge in [-0.1, -0.05) is 19.3 Å². The van der Waals surface area contributed by atoms with Crippen LogP contribution in [-0.4, -0.2) is 35.5 Å². The van der Waals surface area contributed by atoms with Crippen LogP contribution in [-0.2, 0) is 0 Å². The first-order chi connectivity index (χ1) is 6.74. The summed E-state index contributed by atoms with van der Waals surface area (Å²) in [6, 6.07) is 0.469. The second kappa shape index (κ2) is 6.38. The van der Waals surface area contributed by atoms with Crippen molar-refractivity contribution in [2.45, 2.75) is 51.2 Å². The van der Waals surface area contributed by atoms with E-state index in [1.54, 1.807) is 0 Å². The number of rotatable bonds is 5. The van der Waals surface area contributed by atoms with Crippen LogP contribution in [0.25, 0.3) is 0 Å². The average molecular weight is 201 g/mol. The van der Waals surface area contributed by atoms with Gasteiger partial charge in [-0.05, 0) is 25.7 Å². The van der Waals surface area contributed by atoms with Gasteiger partial charge in [0, 0.05) is 12.6 Å². The number of hydrogen-bond donors (Lipinski definition) is 3. The minimum atomic E-state index is -0.610. The Labute approximate surface area is 86.5 Å². The average Bonchev–Trinajstić information content (AvgIpc) is 2.26. The second-order valence-corrected chi connectivity index (χ2v) is 4.43. The lowest BCUT2D eigenvalue weighted by Crippen LogP contribution is -2.40. The Bertz CT molecular complexity index is 146. The highest BCUT2D eigenvalue weighted by Crippen LogP contribution is 2.26. The van der Waals surface area contributed by atoms with Crippen molar-refractivity contribution in [3.8, 4) is 0 Å². The molecular weight excluding hydrogens is 178 g/mol. The Morgan fingerprint density at radius 3 is 2.50 bits per heavy atom. The van der Waals surface area contributed by atoms with E-state index in [2.05, 4.69) is 12.2 Å². The molecule has 1 rings (SSSR count). The normalized spacial score (nSPS) is 23.4. The number of aliphatic hydroxyl groups excluding tert-OH is 2. The first-order valence-corrected chi connectivity index (χ1v) is 5.76. The van der Waals surface area contributed by atoms with Crippen LogP contribution in [0.2, 0.25) is 0 Å². The number of nitrogens with one attached hydrogen (secondary N) is 1. The molecule has 14 heavy (non-hydrogen) atoms. The van der Waals surface area contributed by atoms with Crippen LogP contribution in [0.1, 0.15) is 39.0 Å². The molecule has 2 atom stereocenters. The lowest BCUT2D eigenvalue weighted by molar-refractivity contribution is 0.0890. The van der Waals surface area contributed by atoms with Gasteiger partial charge in [0.2, 0.25) is 0 Å². The Kier molecular flexibility index (Phi) is 5.45. The van der Waals surface area contributed by atoms with E-state index in [0.717, 1.165) is 5.92 Å². The summed E-state index contributed by atoms with van der Waals surface area (Å²) in [6.07, 6.45) is 6.08. The summed E-state index contributed by atoms with van der Waals surface area (Å²) < 4.78 is 0. The molecule has 84 valence electrons. The summed E-state index contributed by atoms with van der Waals surface area (Å²) in [6.45, 7) is 2.54. The lowest BCUT2D eigenvalue weighted by Gasteiger charge is -2.28. The van der Waals surface area contributed by atoms with Crippen LogP contribution in [0.5, 0.6) is 0 Å². The molecule has 0 bridgehead atoms. The Hall–Kier alpha value is -0.120. The topological polar surface area (TPSA) is 52.5 Å². The molecule has 0 aromatic carbocycles. The minimum absolute atomic E-state index is 0.148. The lowest BCUT2D eigenvalue weighted by atomic mass is 9.84. The van der Waals surface area contributed by atoms with E-state index in [1.165, 1.54) is 32.1 Å². The maximum atomic E-state index is 9.19. The first-order valence-electron chi connectivity index (χ1n) is 5.76. The standard InChI is InChI=1S/C11H23NO2/c1-9(12-7-11(14)8-13)10-5-3-2-4-6-10/h9-14H,2-8H2,1H3/t9?,11-/m0/s1. The van der Waals surface area contributed by atoms with Crippen molar-refractivity contribution in [3.63, 3.8) is 0 Å². The zero-order valence-electron chi connectivity index (χ0n) is 9.08. The molecule has 0 heterocycles. The molecule has 1 fully saturated rings. The summed E-state index contributed by atoms with van der Waals surface area (Å²) in [4.78, 5) is 0. The van der Waals surface area contributed by atoms with Crippen LogP contribution in [0.3, 0.4) is 0 Å². The van der Waals surface area contributed by atoms with Gasteiger partial charge in [0.05, 0.1) is 12.7 Å². The van der Waals surface area contributed by atoms with E-state index in [-0.39, 0.29) is 6.61 Å². The van der Waals surface area contributed by atoms with E-state index < -0.39 is 6.10 Å². The molecule has 0 radical (unpaired) electrons. The minimum Gasteiger partial charge on any atom is -0.394 e. The van der Waals surface area contributed by atoms with Crippen LogP contribution in [0.4, 0.5) is 0 Å². The van der Waals surface area contributed by atoms with E-state index >= 15 is 0 Å². The van der Waals surface area contributed by atoms with E-state index in [9.17, 15) is 5.11 Å². The fraction of sp³-hybridized carbons (Fsp3) is 1.00. The highest BCUT2D eigenvalue weighted by atomic mass is 16.3. The van der Waals surface area contributed by atoms with Crippen LogP contribution in [0, 0.1) is 5.92 Å². The summed E-state index contributed by atoms with van der Waals surface area (Å²) in [5.41, 5.74) is 0. The monoisotopic (exact) mass is 201 g/mol. The van der Waals surface area contributed by atoms with Gasteiger partial charge in [-0.2, -0.15) is 0 Å². The molecular formula is C11H23NO2. The smallest absolute Gasteiger partial charge is 0.0895 e. The molecule has 3 heteroatoms. The SMILES string of the molecule is CC(NC[C@H](O)CO)C1CCCCC1. The maximum absolute atomic E-state index is 9.19. The molecule has 3 nitrogen and oxygen atoms in total. The van der Waals surface area contributed by atoms with Gasteiger partial charge in [0.15, 0.2) is 0 Å². The molecule has 3 N–H and O–H groups in total. The van der Waals surface area contributed by atoms with Crippen molar-refractivity contribution in [2.75, 3.05) is 13.2 Å². The zero-order valence-corrected chi connectivity index (χ0v) is 9.08. The van der Waals surface area contributed by atoms with Crippen LogP contribution < -0.4 is 5.32 Å². The van der Waals surface area contributed by atoms with Gasteiger partial charge in [-0.15, -0.1) is 0 Å². The third-order valence-corrected chi connectivity index (χ3v) is 3.24. The molecule has 0 amide bonds. The predicted octanol–water partition coefficient (Wildman–Crippen LogP) is 0.898. The van der Waals surface area contributed by atoms with E-state index in [1.807, 2.05) is 0 Å². The zero-order chi connectivity index (χ0) is 10.4. The third-order valence-electron chi connectivity index (χ3n) is 3.24. The Morgan fingerprint density at radius 1 is 1.29 bits per heavy atom. The fourth-order valence-corrected chi connectivity index (χ4v) is 2.19. The van der Waals surface area contributed by atoms with Gasteiger partial charge in [0.25, 0.3) is 0 Å². The van der Waals surface area contributed by atoms with Crippen LogP contribution >= 0.6 is 0 Å². The second-order valence-electron chi connectivity index (χ2n) is 4.43. The van der Waals surface area contributed by atoms with Crippen molar-refractivity contribution < 1.29 is 10.2 Å². The number of aliphatic hydroxyl groups is 2. The quantitative estimate of drug-likeness (QED) is 0.619. The summed E-state index contributed by atoms with van der Waals surface area (Å²) in [7, 11) is 0. The molecule has 1 saturated carbocycles. The summed E-state index contributed by atoms with van der Waals surface area (Å²) in [5.74, 6) is 0.759. The number of hydrogen-bond acceptors (Lipinski definition) is 3. The first kappa shape index (κ1) is 12.0. The molecule has 1 unspecified atom stereocenters. The van der Waals surface area contributed by atoms with Gasteiger partial charge < -0.3 is 15.5 Å². The predicted molar refractivity (Wildman–Crippen MR) is 57.1 cm³/mol. The van der Waals surface area contributed by atoms with Gasteiger partial charge in [0.1, 0.15) is 0 Å². The fourth-order valence-electron chi connectivity index (χ4n) is 2.19. The molecule has 0 aromatic rings. The van der Waals surface area contributed by atoms with Crippen molar-refractivity contribution in [1.82, 2.24) is 5.32 Å². The maximum Gasteiger partial charge on any atom is 0.0895 e. The summed E-state index contributed by atoms with van der Waals surface area (Å²) in [5, 5.41) is 21.2. The van der Waals surface area contributed by atoms with E-state index in [4.69, 9.17) is 5.11 Å². The van der Waals surface area contributed by atoms with E-state index in [0.29, 0.717) is 12.6 Å². The Morgan fingerprint density at radius 2 is 1.93 bits per heavy atom. The molecule has 0 aliphatic heterocycles. The largest absolute Gasteiger partial charge is 0.394 e. The Balaban J connectivity index is 2.16. The molecule has 1 aliphatic rings. The van der Waals surface area contributed by atoms with Crippen molar-refractivity contribution in [1.29, 1.82) is 0 Å². The van der Waals surface area contributed by atoms with Crippen LogP contribution in [0.15, 0.2) is 0 Å². The van der Waals surface area contributed by atoms with Crippen molar-refractivity contribution in [3.05, 3.63) is 0 Å². The van der Waals surface area contributed by atoms with Gasteiger partial charge in [-0.3, -0.25) is 0 Å². The molecule has 0 saturated heterocycles. The van der Waals surface area contributed by atoms with Gasteiger partial charge >= 0.3 is 0 Å². The van der Waals surface area contributed by atoms with Gasteiger partial charge in [-0.25, -0.2) is 0 Å². The summed E-state index contributed by atoms with van der Waals surface area (Å²) >= 11 is 0.